The molecule has 1 aliphatic heterocycles. The first-order valence-electron chi connectivity index (χ1n) is 6.74. The highest BCUT2D eigenvalue weighted by molar-refractivity contribution is 8.26. The molecule has 2 heterocycles. The van der Waals surface area contributed by atoms with Crippen LogP contribution >= 0.6 is 24.0 Å². The molecule has 0 aromatic carbocycles. The number of rotatable bonds is 6. The molecule has 0 unspecified atom stereocenters. The van der Waals surface area contributed by atoms with Gasteiger partial charge in [-0.05, 0) is 30.7 Å². The number of nitrogens with zero attached hydrogens (tertiary/aromatic N) is 1. The number of carbonyl (C=O) groups excluding carboxylic acids is 1. The lowest BCUT2D eigenvalue weighted by Crippen LogP contribution is -2.43. The summed E-state index contributed by atoms with van der Waals surface area (Å²) >= 11 is 6.27. The van der Waals surface area contributed by atoms with Gasteiger partial charge in [-0.1, -0.05) is 43.4 Å². The third-order valence-corrected chi connectivity index (χ3v) is 4.38. The van der Waals surface area contributed by atoms with E-state index in [1.54, 1.807) is 36.6 Å². The van der Waals surface area contributed by atoms with Crippen LogP contribution in [0.1, 0.15) is 25.5 Å². The minimum Gasteiger partial charge on any atom is -0.480 e. The van der Waals surface area contributed by atoms with Gasteiger partial charge in [-0.25, -0.2) is 4.79 Å². The number of carboxylic acid groups (broad SMARTS) is 1. The van der Waals surface area contributed by atoms with Gasteiger partial charge in [0.15, 0.2) is 0 Å². The Morgan fingerprint density at radius 3 is 2.95 bits per heavy atom. The largest absolute Gasteiger partial charge is 0.480 e. The molecule has 0 spiro atoms. The Balaban J connectivity index is 2.15. The zero-order valence-electron chi connectivity index (χ0n) is 11.9. The number of hydrogen-bond acceptors (Lipinski definition) is 5. The summed E-state index contributed by atoms with van der Waals surface area (Å²) in [7, 11) is 0. The van der Waals surface area contributed by atoms with Crippen molar-refractivity contribution in [3.8, 4) is 0 Å². The van der Waals surface area contributed by atoms with Crippen LogP contribution in [0, 0.1) is 0 Å². The number of amides is 1. The number of furan rings is 1. The van der Waals surface area contributed by atoms with E-state index in [1.165, 1.54) is 4.90 Å². The van der Waals surface area contributed by atoms with Crippen molar-refractivity contribution in [3.05, 3.63) is 41.2 Å². The maximum Gasteiger partial charge on any atom is 0.326 e. The third kappa shape index (κ3) is 3.66. The van der Waals surface area contributed by atoms with E-state index >= 15 is 0 Å². The summed E-state index contributed by atoms with van der Waals surface area (Å²) in [4.78, 5) is 25.3. The van der Waals surface area contributed by atoms with Crippen molar-refractivity contribution >= 4 is 46.3 Å². The molecule has 0 aliphatic carbocycles. The number of hydrogen-bond donors (Lipinski definition) is 1. The van der Waals surface area contributed by atoms with Gasteiger partial charge in [-0.15, -0.1) is 0 Å². The monoisotopic (exact) mass is 337 g/mol. The number of allylic oxidation sites excluding steroid dienone is 2. The van der Waals surface area contributed by atoms with E-state index in [-0.39, 0.29) is 10.2 Å². The predicted octanol–water partition coefficient (Wildman–Crippen LogP) is 3.29. The molecule has 1 amide bonds. The average Bonchev–Trinajstić information content (AvgIpc) is 3.06. The molecule has 1 aliphatic rings. The number of aliphatic carboxylic acids is 1. The van der Waals surface area contributed by atoms with Gasteiger partial charge in [0.25, 0.3) is 5.91 Å². The topological polar surface area (TPSA) is 70.8 Å². The minimum atomic E-state index is -1.04. The van der Waals surface area contributed by atoms with Crippen LogP contribution in [0.3, 0.4) is 0 Å². The van der Waals surface area contributed by atoms with Crippen molar-refractivity contribution in [3.63, 3.8) is 0 Å². The van der Waals surface area contributed by atoms with Crippen LogP contribution in [-0.4, -0.2) is 32.2 Å². The Bertz CT molecular complexity index is 634. The van der Waals surface area contributed by atoms with Gasteiger partial charge >= 0.3 is 5.97 Å². The molecule has 1 aromatic heterocycles. The Morgan fingerprint density at radius 2 is 2.36 bits per heavy atom. The van der Waals surface area contributed by atoms with E-state index in [2.05, 4.69) is 0 Å². The van der Waals surface area contributed by atoms with Crippen molar-refractivity contribution in [2.75, 3.05) is 0 Å². The van der Waals surface area contributed by atoms with Crippen molar-refractivity contribution in [2.24, 2.45) is 0 Å². The third-order valence-electron chi connectivity index (χ3n) is 3.03. The zero-order valence-corrected chi connectivity index (χ0v) is 13.5. The predicted molar refractivity (Wildman–Crippen MR) is 89.2 cm³/mol. The van der Waals surface area contributed by atoms with Gasteiger partial charge in [-0.2, -0.15) is 0 Å². The highest BCUT2D eigenvalue weighted by Gasteiger charge is 2.39. The molecular formula is C15H15NO4S2. The SMILES string of the molecule is CCC[C@@H](C(=O)O)N1C(=O)/C(=C/C=C/c2ccco2)SC1=S. The maximum atomic E-state index is 12.4. The molecule has 1 N–H and O–H groups in total. The van der Waals surface area contributed by atoms with Gasteiger partial charge in [0.05, 0.1) is 11.2 Å². The number of carboxylic acids is 1. The van der Waals surface area contributed by atoms with Gasteiger partial charge < -0.3 is 9.52 Å². The second kappa shape index (κ2) is 7.42. The van der Waals surface area contributed by atoms with E-state index in [0.717, 1.165) is 11.8 Å². The van der Waals surface area contributed by atoms with E-state index in [4.69, 9.17) is 16.6 Å². The summed E-state index contributed by atoms with van der Waals surface area (Å²) in [6.45, 7) is 1.87. The first kappa shape index (κ1) is 16.5. The fourth-order valence-corrected chi connectivity index (χ4v) is 3.32. The van der Waals surface area contributed by atoms with Crippen LogP contribution in [0.25, 0.3) is 6.08 Å². The molecule has 116 valence electrons. The van der Waals surface area contributed by atoms with Crippen LogP contribution in [0.5, 0.6) is 0 Å². The van der Waals surface area contributed by atoms with Crippen LogP contribution in [0.15, 0.2) is 39.9 Å². The summed E-state index contributed by atoms with van der Waals surface area (Å²) in [5, 5.41) is 9.28. The molecule has 1 fully saturated rings. The normalized spacial score (nSPS) is 18.6. The highest BCUT2D eigenvalue weighted by atomic mass is 32.2. The number of thiocarbonyl (C=S) groups is 1. The lowest BCUT2D eigenvalue weighted by Gasteiger charge is -2.22. The molecule has 0 radical (unpaired) electrons. The van der Waals surface area contributed by atoms with Crippen LogP contribution in [-0.2, 0) is 9.59 Å². The van der Waals surface area contributed by atoms with Gasteiger partial charge in [0.1, 0.15) is 16.1 Å². The molecular weight excluding hydrogens is 322 g/mol. The molecule has 22 heavy (non-hydrogen) atoms. The van der Waals surface area contributed by atoms with E-state index < -0.39 is 12.0 Å². The number of thioether (sulfide) groups is 1. The lowest BCUT2D eigenvalue weighted by molar-refractivity contribution is -0.145. The summed E-state index contributed by atoms with van der Waals surface area (Å²) in [5.74, 6) is -0.730. The van der Waals surface area contributed by atoms with E-state index in [9.17, 15) is 14.7 Å². The quantitative estimate of drug-likeness (QED) is 0.634. The van der Waals surface area contributed by atoms with E-state index in [1.807, 2.05) is 6.92 Å². The summed E-state index contributed by atoms with van der Waals surface area (Å²) < 4.78 is 5.43. The number of carbonyl (C=O) groups is 2. The molecule has 0 saturated carbocycles. The van der Waals surface area contributed by atoms with Gasteiger partial charge in [-0.3, -0.25) is 9.69 Å². The molecule has 7 heteroatoms. The van der Waals surface area contributed by atoms with E-state index in [0.29, 0.717) is 23.5 Å². The smallest absolute Gasteiger partial charge is 0.326 e. The molecule has 2 rings (SSSR count). The summed E-state index contributed by atoms with van der Waals surface area (Å²) in [6.07, 6.45) is 7.60. The average molecular weight is 337 g/mol. The zero-order chi connectivity index (χ0) is 16.1. The van der Waals surface area contributed by atoms with Gasteiger partial charge in [0, 0.05) is 0 Å². The Labute approximate surface area is 137 Å². The highest BCUT2D eigenvalue weighted by Crippen LogP contribution is 2.33. The van der Waals surface area contributed by atoms with Crippen molar-refractivity contribution in [2.45, 2.75) is 25.8 Å². The molecule has 0 bridgehead atoms. The Kier molecular flexibility index (Phi) is 5.57. The molecule has 1 atom stereocenters. The fraction of sp³-hybridized carbons (Fsp3) is 0.267. The maximum absolute atomic E-state index is 12.4. The Hall–Kier alpha value is -1.86. The fourth-order valence-electron chi connectivity index (χ4n) is 2.02. The Morgan fingerprint density at radius 1 is 1.59 bits per heavy atom. The van der Waals surface area contributed by atoms with Crippen molar-refractivity contribution in [1.29, 1.82) is 0 Å². The second-order valence-corrected chi connectivity index (χ2v) is 6.27. The van der Waals surface area contributed by atoms with Crippen LogP contribution in [0.2, 0.25) is 0 Å². The summed E-state index contributed by atoms with van der Waals surface area (Å²) in [6, 6.07) is 2.65. The van der Waals surface area contributed by atoms with Gasteiger partial charge in [0.2, 0.25) is 0 Å². The first-order chi connectivity index (χ1) is 10.5. The first-order valence-corrected chi connectivity index (χ1v) is 7.97. The van der Waals surface area contributed by atoms with Crippen molar-refractivity contribution in [1.82, 2.24) is 4.90 Å². The van der Waals surface area contributed by atoms with Crippen LogP contribution < -0.4 is 0 Å². The standard InChI is InChI=1S/C15H15NO4S2/c1-2-5-11(14(18)19)16-13(17)12(22-15(16)21)8-3-6-10-7-4-9-20-10/h3-4,6-9,11H,2,5H2,1H3,(H,18,19)/b6-3+,12-8-/t11-/m0/s1. The molecule has 1 saturated heterocycles. The minimum absolute atomic E-state index is 0.281. The summed E-state index contributed by atoms with van der Waals surface area (Å²) in [5.41, 5.74) is 0. The van der Waals surface area contributed by atoms with Crippen LogP contribution in [0.4, 0.5) is 0 Å². The lowest BCUT2D eigenvalue weighted by atomic mass is 10.1. The van der Waals surface area contributed by atoms with Crippen molar-refractivity contribution < 1.29 is 19.1 Å². The molecule has 5 nitrogen and oxygen atoms in total. The molecule has 1 aromatic rings. The second-order valence-electron chi connectivity index (χ2n) is 4.59.